The second-order valence-corrected chi connectivity index (χ2v) is 7.51. The summed E-state index contributed by atoms with van der Waals surface area (Å²) < 4.78 is 2.16. The first-order chi connectivity index (χ1) is 8.24. The van der Waals surface area contributed by atoms with Crippen LogP contribution in [0.15, 0.2) is 0 Å². The topological polar surface area (TPSA) is 30.7 Å². The summed E-state index contributed by atoms with van der Waals surface area (Å²) in [4.78, 5) is 0. The lowest BCUT2D eigenvalue weighted by Crippen LogP contribution is -2.35. The van der Waals surface area contributed by atoms with Crippen molar-refractivity contribution in [1.82, 2.24) is 14.8 Å². The Kier molecular flexibility index (Phi) is 3.48. The number of hydrogen-bond acceptors (Lipinski definition) is 2. The zero-order valence-corrected chi connectivity index (χ0v) is 12.9. The standard InChI is InChI=1S/C14H24ClN3/c1-6-11-16-17-12(15)18(11)10-7-13(2,3)9-14(4,5)8-10/h10H,6-9H2,1-5H3. The van der Waals surface area contributed by atoms with E-state index >= 15 is 0 Å². The molecule has 0 amide bonds. The van der Waals surface area contributed by atoms with Gasteiger partial charge in [-0.15, -0.1) is 10.2 Å². The van der Waals surface area contributed by atoms with E-state index in [1.807, 2.05) is 0 Å². The van der Waals surface area contributed by atoms with E-state index in [0.717, 1.165) is 25.1 Å². The summed E-state index contributed by atoms with van der Waals surface area (Å²) in [6.07, 6.45) is 4.46. The molecule has 3 nitrogen and oxygen atoms in total. The van der Waals surface area contributed by atoms with Gasteiger partial charge >= 0.3 is 0 Å². The molecule has 1 aromatic heterocycles. The quantitative estimate of drug-likeness (QED) is 0.803. The first-order valence-electron chi connectivity index (χ1n) is 6.83. The predicted octanol–water partition coefficient (Wildman–Crippen LogP) is 4.27. The van der Waals surface area contributed by atoms with Gasteiger partial charge < -0.3 is 0 Å². The van der Waals surface area contributed by atoms with Gasteiger partial charge in [0.2, 0.25) is 5.28 Å². The third-order valence-corrected chi connectivity index (χ3v) is 4.20. The molecule has 0 radical (unpaired) electrons. The fourth-order valence-corrected chi connectivity index (χ4v) is 4.15. The van der Waals surface area contributed by atoms with Crippen molar-refractivity contribution in [2.24, 2.45) is 10.8 Å². The molecular formula is C14H24ClN3. The molecule has 1 aromatic rings. The Labute approximate surface area is 115 Å². The highest BCUT2D eigenvalue weighted by molar-refractivity contribution is 6.28. The van der Waals surface area contributed by atoms with Crippen molar-refractivity contribution < 1.29 is 0 Å². The lowest BCUT2D eigenvalue weighted by molar-refractivity contribution is 0.0712. The SMILES string of the molecule is CCc1nnc(Cl)n1C1CC(C)(C)CC(C)(C)C1. The van der Waals surface area contributed by atoms with Crippen molar-refractivity contribution in [2.45, 2.75) is 66.3 Å². The van der Waals surface area contributed by atoms with Crippen LogP contribution in [0.25, 0.3) is 0 Å². The lowest BCUT2D eigenvalue weighted by atomic mass is 9.63. The van der Waals surface area contributed by atoms with E-state index in [2.05, 4.69) is 49.4 Å². The van der Waals surface area contributed by atoms with E-state index in [-0.39, 0.29) is 0 Å². The monoisotopic (exact) mass is 269 g/mol. The first kappa shape index (κ1) is 13.9. The van der Waals surface area contributed by atoms with Crippen molar-refractivity contribution in [2.75, 3.05) is 0 Å². The molecule has 1 aliphatic carbocycles. The fourth-order valence-electron chi connectivity index (χ4n) is 3.87. The van der Waals surface area contributed by atoms with Gasteiger partial charge in [0, 0.05) is 12.5 Å². The average Bonchev–Trinajstić information content (AvgIpc) is 2.54. The van der Waals surface area contributed by atoms with Crippen LogP contribution >= 0.6 is 11.6 Å². The van der Waals surface area contributed by atoms with Crippen LogP contribution in [0.3, 0.4) is 0 Å². The molecule has 18 heavy (non-hydrogen) atoms. The Hall–Kier alpha value is -0.570. The molecule has 2 rings (SSSR count). The summed E-state index contributed by atoms with van der Waals surface area (Å²) in [6, 6.07) is 0.432. The molecule has 0 aromatic carbocycles. The van der Waals surface area contributed by atoms with Crippen LogP contribution < -0.4 is 0 Å². The van der Waals surface area contributed by atoms with Crippen LogP contribution in [0.2, 0.25) is 5.28 Å². The van der Waals surface area contributed by atoms with Gasteiger partial charge in [0.15, 0.2) is 0 Å². The fraction of sp³-hybridized carbons (Fsp3) is 0.857. The van der Waals surface area contributed by atoms with Crippen molar-refractivity contribution in [3.8, 4) is 0 Å². The van der Waals surface area contributed by atoms with Crippen molar-refractivity contribution >= 4 is 11.6 Å². The summed E-state index contributed by atoms with van der Waals surface area (Å²) in [5.41, 5.74) is 0.704. The summed E-state index contributed by atoms with van der Waals surface area (Å²) in [5, 5.41) is 8.77. The second kappa shape index (κ2) is 4.52. The van der Waals surface area contributed by atoms with Crippen LogP contribution in [-0.4, -0.2) is 14.8 Å². The number of hydrogen-bond donors (Lipinski definition) is 0. The van der Waals surface area contributed by atoms with E-state index in [0.29, 0.717) is 22.2 Å². The van der Waals surface area contributed by atoms with Gasteiger partial charge in [-0.2, -0.15) is 0 Å². The molecular weight excluding hydrogens is 246 g/mol. The van der Waals surface area contributed by atoms with Crippen molar-refractivity contribution in [3.05, 3.63) is 11.1 Å². The predicted molar refractivity (Wildman–Crippen MR) is 74.9 cm³/mol. The summed E-state index contributed by atoms with van der Waals surface area (Å²) in [6.45, 7) is 11.5. The molecule has 102 valence electrons. The third-order valence-electron chi connectivity index (χ3n) is 3.94. The Morgan fingerprint density at radius 2 is 1.72 bits per heavy atom. The molecule has 0 bridgehead atoms. The second-order valence-electron chi connectivity index (χ2n) is 7.18. The molecule has 1 aliphatic rings. The lowest BCUT2D eigenvalue weighted by Gasteiger charge is -2.45. The zero-order valence-electron chi connectivity index (χ0n) is 12.1. The van der Waals surface area contributed by atoms with E-state index in [1.165, 1.54) is 6.42 Å². The Balaban J connectivity index is 2.35. The zero-order chi connectivity index (χ0) is 13.6. The number of halogens is 1. The minimum atomic E-state index is 0.352. The minimum Gasteiger partial charge on any atom is -0.299 e. The van der Waals surface area contributed by atoms with Gasteiger partial charge in [-0.05, 0) is 41.7 Å². The van der Waals surface area contributed by atoms with Crippen LogP contribution in [-0.2, 0) is 6.42 Å². The largest absolute Gasteiger partial charge is 0.299 e. The number of nitrogens with zero attached hydrogens (tertiary/aromatic N) is 3. The summed E-state index contributed by atoms with van der Waals surface area (Å²) in [5.74, 6) is 1.01. The van der Waals surface area contributed by atoms with Gasteiger partial charge in [0.1, 0.15) is 5.82 Å². The molecule has 0 unspecified atom stereocenters. The molecule has 1 fully saturated rings. The van der Waals surface area contributed by atoms with Gasteiger partial charge in [-0.25, -0.2) is 0 Å². The molecule has 0 saturated heterocycles. The maximum Gasteiger partial charge on any atom is 0.225 e. The first-order valence-corrected chi connectivity index (χ1v) is 7.21. The number of rotatable bonds is 2. The van der Waals surface area contributed by atoms with Crippen LogP contribution in [0, 0.1) is 10.8 Å². The van der Waals surface area contributed by atoms with E-state index in [9.17, 15) is 0 Å². The van der Waals surface area contributed by atoms with Crippen molar-refractivity contribution in [1.29, 1.82) is 0 Å². The van der Waals surface area contributed by atoms with Gasteiger partial charge in [-0.1, -0.05) is 34.6 Å². The third kappa shape index (κ3) is 2.71. The van der Waals surface area contributed by atoms with Gasteiger partial charge in [-0.3, -0.25) is 4.57 Å². The molecule has 1 saturated carbocycles. The molecule has 1 heterocycles. The summed E-state index contributed by atoms with van der Waals surface area (Å²) in [7, 11) is 0. The summed E-state index contributed by atoms with van der Waals surface area (Å²) >= 11 is 6.23. The van der Waals surface area contributed by atoms with Gasteiger partial charge in [0.25, 0.3) is 0 Å². The highest BCUT2D eigenvalue weighted by Gasteiger charge is 2.40. The maximum atomic E-state index is 6.23. The van der Waals surface area contributed by atoms with Gasteiger partial charge in [0.05, 0.1) is 0 Å². The smallest absolute Gasteiger partial charge is 0.225 e. The molecule has 0 spiro atoms. The van der Waals surface area contributed by atoms with Crippen LogP contribution in [0.4, 0.5) is 0 Å². The van der Waals surface area contributed by atoms with Crippen molar-refractivity contribution in [3.63, 3.8) is 0 Å². The van der Waals surface area contributed by atoms with Crippen LogP contribution in [0.5, 0.6) is 0 Å². The average molecular weight is 270 g/mol. The molecule has 4 heteroatoms. The van der Waals surface area contributed by atoms with Crippen LogP contribution in [0.1, 0.15) is 65.7 Å². The van der Waals surface area contributed by atoms with E-state index in [4.69, 9.17) is 11.6 Å². The van der Waals surface area contributed by atoms with E-state index < -0.39 is 0 Å². The number of aromatic nitrogens is 3. The molecule has 0 atom stereocenters. The number of aryl methyl sites for hydroxylation is 1. The Morgan fingerprint density at radius 1 is 1.17 bits per heavy atom. The maximum absolute atomic E-state index is 6.23. The Bertz CT molecular complexity index is 418. The minimum absolute atomic E-state index is 0.352. The normalized spacial score (nSPS) is 23.2. The molecule has 0 aliphatic heterocycles. The van der Waals surface area contributed by atoms with E-state index in [1.54, 1.807) is 0 Å². The Morgan fingerprint density at radius 3 is 2.22 bits per heavy atom. The highest BCUT2D eigenvalue weighted by Crippen LogP contribution is 2.50. The molecule has 0 N–H and O–H groups in total. The highest BCUT2D eigenvalue weighted by atomic mass is 35.5.